The van der Waals surface area contributed by atoms with E-state index in [0.717, 1.165) is 21.0 Å². The van der Waals surface area contributed by atoms with Crippen LogP contribution in [-0.2, 0) is 6.61 Å². The molecule has 0 spiro atoms. The molecule has 0 radical (unpaired) electrons. The largest absolute Gasteiger partial charge is 0.497 e. The number of rotatable bonds is 7. The molecule has 0 heterocycles. The van der Waals surface area contributed by atoms with Crippen molar-refractivity contribution in [1.29, 1.82) is 0 Å². The third kappa shape index (κ3) is 5.15. The van der Waals surface area contributed by atoms with Crippen LogP contribution in [0.4, 0.5) is 0 Å². The summed E-state index contributed by atoms with van der Waals surface area (Å²) in [5, 5.41) is 6.45. The Morgan fingerprint density at radius 1 is 1.00 bits per heavy atom. The molecule has 0 aliphatic carbocycles. The molecule has 0 unspecified atom stereocenters. The van der Waals surface area contributed by atoms with Crippen molar-refractivity contribution in [2.75, 3.05) is 7.11 Å². The zero-order valence-electron chi connectivity index (χ0n) is 17.4. The van der Waals surface area contributed by atoms with Crippen molar-refractivity contribution < 1.29 is 14.3 Å². The predicted octanol–water partition coefficient (Wildman–Crippen LogP) is 5.95. The Kier molecular flexibility index (Phi) is 6.82. The minimum Gasteiger partial charge on any atom is -0.497 e. The zero-order chi connectivity index (χ0) is 22.3. The fourth-order valence-electron chi connectivity index (χ4n) is 3.29. The first-order valence-corrected chi connectivity index (χ1v) is 10.8. The summed E-state index contributed by atoms with van der Waals surface area (Å²) in [7, 11) is 1.58. The van der Waals surface area contributed by atoms with Gasteiger partial charge in [0.2, 0.25) is 0 Å². The van der Waals surface area contributed by atoms with Crippen LogP contribution in [0.5, 0.6) is 11.5 Å². The van der Waals surface area contributed by atoms with Gasteiger partial charge in [0, 0.05) is 15.6 Å². The summed E-state index contributed by atoms with van der Waals surface area (Å²) in [4.78, 5) is 12.3. The van der Waals surface area contributed by atoms with Crippen LogP contribution in [0.1, 0.15) is 21.5 Å². The first kappa shape index (κ1) is 21.6. The standard InChI is InChI=1S/C26H21BrN2O3/c1-31-23-12-9-19(10-13-23)26(30)29-28-16-21-15-22(27)11-14-25(21)32-17-20-7-4-6-18-5-2-3-8-24(18)20/h2-16H,17H2,1H3,(H,29,30)/b28-16-. The Morgan fingerprint density at radius 3 is 2.59 bits per heavy atom. The highest BCUT2D eigenvalue weighted by atomic mass is 79.9. The molecule has 0 saturated carbocycles. The van der Waals surface area contributed by atoms with E-state index in [1.165, 1.54) is 5.39 Å². The number of hydrogen-bond acceptors (Lipinski definition) is 4. The van der Waals surface area contributed by atoms with E-state index in [1.807, 2.05) is 36.4 Å². The van der Waals surface area contributed by atoms with Gasteiger partial charge in [-0.25, -0.2) is 5.43 Å². The molecule has 0 aromatic heterocycles. The molecule has 0 bridgehead atoms. The molecular formula is C26H21BrN2O3. The van der Waals surface area contributed by atoms with Crippen LogP contribution in [0.15, 0.2) is 94.5 Å². The molecule has 4 aromatic carbocycles. The quantitative estimate of drug-likeness (QED) is 0.258. The minimum atomic E-state index is -0.308. The van der Waals surface area contributed by atoms with Crippen molar-refractivity contribution in [3.05, 3.63) is 106 Å². The first-order valence-electron chi connectivity index (χ1n) is 10.0. The van der Waals surface area contributed by atoms with Gasteiger partial charge in [-0.05, 0) is 58.8 Å². The number of methoxy groups -OCH3 is 1. The predicted molar refractivity (Wildman–Crippen MR) is 130 cm³/mol. The lowest BCUT2D eigenvalue weighted by molar-refractivity contribution is 0.0955. The second-order valence-corrected chi connectivity index (χ2v) is 7.95. The van der Waals surface area contributed by atoms with E-state index in [-0.39, 0.29) is 5.91 Å². The average molecular weight is 489 g/mol. The van der Waals surface area contributed by atoms with Crippen molar-refractivity contribution in [3.63, 3.8) is 0 Å². The number of hydrogen-bond donors (Lipinski definition) is 1. The molecule has 0 aliphatic heterocycles. The monoisotopic (exact) mass is 488 g/mol. The second kappa shape index (κ2) is 10.1. The second-order valence-electron chi connectivity index (χ2n) is 7.04. The topological polar surface area (TPSA) is 59.9 Å². The number of nitrogens with zero attached hydrogens (tertiary/aromatic N) is 1. The molecule has 1 amide bonds. The van der Waals surface area contributed by atoms with Crippen LogP contribution >= 0.6 is 15.9 Å². The van der Waals surface area contributed by atoms with Crippen LogP contribution in [0, 0.1) is 0 Å². The van der Waals surface area contributed by atoms with Crippen LogP contribution in [-0.4, -0.2) is 19.2 Å². The third-order valence-electron chi connectivity index (χ3n) is 4.96. The summed E-state index contributed by atoms with van der Waals surface area (Å²) in [6.45, 7) is 0.419. The van der Waals surface area contributed by atoms with Gasteiger partial charge in [0.25, 0.3) is 5.91 Å². The maximum absolute atomic E-state index is 12.3. The van der Waals surface area contributed by atoms with Crippen LogP contribution < -0.4 is 14.9 Å². The number of benzene rings is 4. The van der Waals surface area contributed by atoms with Crippen LogP contribution in [0.2, 0.25) is 0 Å². The molecule has 160 valence electrons. The van der Waals surface area contributed by atoms with Gasteiger partial charge >= 0.3 is 0 Å². The molecule has 0 saturated heterocycles. The summed E-state index contributed by atoms with van der Waals surface area (Å²) in [6, 6.07) is 26.9. The Bertz CT molecular complexity index is 1260. The first-order chi connectivity index (χ1) is 15.6. The number of fused-ring (bicyclic) bond motifs is 1. The molecule has 4 rings (SSSR count). The fourth-order valence-corrected chi connectivity index (χ4v) is 3.67. The van der Waals surface area contributed by atoms with Gasteiger partial charge in [0.05, 0.1) is 13.3 Å². The molecule has 4 aromatic rings. The smallest absolute Gasteiger partial charge is 0.271 e. The highest BCUT2D eigenvalue weighted by Crippen LogP contribution is 2.25. The number of nitrogens with one attached hydrogen (secondary N) is 1. The molecular weight excluding hydrogens is 468 g/mol. The zero-order valence-corrected chi connectivity index (χ0v) is 19.0. The molecule has 5 nitrogen and oxygen atoms in total. The maximum atomic E-state index is 12.3. The van der Waals surface area contributed by atoms with Gasteiger partial charge < -0.3 is 9.47 Å². The summed E-state index contributed by atoms with van der Waals surface area (Å²) < 4.78 is 12.1. The summed E-state index contributed by atoms with van der Waals surface area (Å²) >= 11 is 3.48. The van der Waals surface area contributed by atoms with Crippen LogP contribution in [0.3, 0.4) is 0 Å². The highest BCUT2D eigenvalue weighted by Gasteiger charge is 2.07. The van der Waals surface area contributed by atoms with E-state index in [1.54, 1.807) is 37.6 Å². The van der Waals surface area contributed by atoms with Gasteiger partial charge in [-0.2, -0.15) is 5.10 Å². The lowest BCUT2D eigenvalue weighted by Gasteiger charge is -2.11. The molecule has 6 heteroatoms. The lowest BCUT2D eigenvalue weighted by Crippen LogP contribution is -2.17. The van der Waals surface area contributed by atoms with Crippen molar-refractivity contribution in [2.45, 2.75) is 6.61 Å². The molecule has 0 aliphatic rings. The molecule has 1 N–H and O–H groups in total. The SMILES string of the molecule is COc1ccc(C(=O)N/N=C\c2cc(Br)ccc2OCc2cccc3ccccc23)cc1. The Labute approximate surface area is 194 Å². The molecule has 32 heavy (non-hydrogen) atoms. The van der Waals surface area contributed by atoms with Crippen molar-refractivity contribution in [3.8, 4) is 11.5 Å². The van der Waals surface area contributed by atoms with Gasteiger partial charge in [-0.1, -0.05) is 58.4 Å². The normalized spacial score (nSPS) is 10.9. The average Bonchev–Trinajstić information content (AvgIpc) is 2.83. The van der Waals surface area contributed by atoms with Crippen molar-refractivity contribution in [1.82, 2.24) is 5.43 Å². The van der Waals surface area contributed by atoms with Gasteiger partial charge in [0.1, 0.15) is 18.1 Å². The fraction of sp³-hybridized carbons (Fsp3) is 0.0769. The number of ether oxygens (including phenoxy) is 2. The van der Waals surface area contributed by atoms with E-state index in [4.69, 9.17) is 9.47 Å². The van der Waals surface area contributed by atoms with Gasteiger partial charge in [0.15, 0.2) is 0 Å². The lowest BCUT2D eigenvalue weighted by atomic mass is 10.1. The summed E-state index contributed by atoms with van der Waals surface area (Å²) in [5.74, 6) is 1.05. The third-order valence-corrected chi connectivity index (χ3v) is 5.45. The number of carbonyl (C=O) groups is 1. The Hall–Kier alpha value is -3.64. The Balaban J connectivity index is 1.47. The van der Waals surface area contributed by atoms with E-state index in [2.05, 4.69) is 50.7 Å². The van der Waals surface area contributed by atoms with Gasteiger partial charge in [-0.3, -0.25) is 4.79 Å². The molecule has 0 atom stereocenters. The number of halogens is 1. The van der Waals surface area contributed by atoms with E-state index >= 15 is 0 Å². The van der Waals surface area contributed by atoms with Crippen molar-refractivity contribution >= 4 is 38.8 Å². The summed E-state index contributed by atoms with van der Waals surface area (Å²) in [5.41, 5.74) is 4.88. The number of hydrazone groups is 1. The number of amides is 1. The van der Waals surface area contributed by atoms with Crippen LogP contribution in [0.25, 0.3) is 10.8 Å². The highest BCUT2D eigenvalue weighted by molar-refractivity contribution is 9.10. The van der Waals surface area contributed by atoms with Crippen molar-refractivity contribution in [2.24, 2.45) is 5.10 Å². The van der Waals surface area contributed by atoms with E-state index in [9.17, 15) is 4.79 Å². The summed E-state index contributed by atoms with van der Waals surface area (Å²) in [6.07, 6.45) is 1.57. The maximum Gasteiger partial charge on any atom is 0.271 e. The minimum absolute atomic E-state index is 0.308. The Morgan fingerprint density at radius 2 is 1.78 bits per heavy atom. The van der Waals surface area contributed by atoms with Gasteiger partial charge in [-0.15, -0.1) is 0 Å². The van der Waals surface area contributed by atoms with E-state index < -0.39 is 0 Å². The number of carbonyl (C=O) groups excluding carboxylic acids is 1. The van der Waals surface area contributed by atoms with E-state index in [0.29, 0.717) is 23.7 Å². The molecule has 0 fully saturated rings.